The summed E-state index contributed by atoms with van der Waals surface area (Å²) >= 11 is 5.90. The Morgan fingerprint density at radius 3 is 2.63 bits per heavy atom. The molecule has 0 amide bonds. The predicted molar refractivity (Wildman–Crippen MR) is 72.1 cm³/mol. The fraction of sp³-hybridized carbons (Fsp3) is 0.182. The molecule has 1 aromatic carbocycles. The number of nitrogens with one attached hydrogen (secondary N) is 2. The monoisotopic (exact) mass is 301 g/mol. The van der Waals surface area contributed by atoms with Crippen LogP contribution in [0.1, 0.15) is 5.69 Å². The van der Waals surface area contributed by atoms with Crippen molar-refractivity contribution in [3.63, 3.8) is 0 Å². The number of sulfonamides is 1. The second-order valence-electron chi connectivity index (χ2n) is 3.84. The molecule has 0 radical (unpaired) electrons. The van der Waals surface area contributed by atoms with E-state index in [9.17, 15) is 8.42 Å². The Hall–Kier alpha value is -1.73. The summed E-state index contributed by atoms with van der Waals surface area (Å²) in [6.07, 6.45) is 0. The molecule has 2 rings (SSSR count). The third-order valence-corrected chi connectivity index (χ3v) is 4.03. The molecule has 0 atom stereocenters. The lowest BCUT2D eigenvalue weighted by atomic mass is 10.3. The number of halogens is 1. The van der Waals surface area contributed by atoms with E-state index >= 15 is 0 Å². The van der Waals surface area contributed by atoms with E-state index in [2.05, 4.69) is 14.9 Å². The zero-order valence-electron chi connectivity index (χ0n) is 10.3. The Morgan fingerprint density at radius 2 is 2.11 bits per heavy atom. The number of aromatic amines is 1. The lowest BCUT2D eigenvalue weighted by Crippen LogP contribution is -2.13. The van der Waals surface area contributed by atoms with Crippen molar-refractivity contribution in [1.82, 2.24) is 10.2 Å². The van der Waals surface area contributed by atoms with Gasteiger partial charge >= 0.3 is 0 Å². The molecule has 0 bridgehead atoms. The van der Waals surface area contributed by atoms with Gasteiger partial charge in [0.2, 0.25) is 0 Å². The number of hydrogen-bond acceptors (Lipinski definition) is 4. The summed E-state index contributed by atoms with van der Waals surface area (Å²) in [7, 11) is -2.26. The number of benzene rings is 1. The summed E-state index contributed by atoms with van der Waals surface area (Å²) in [6, 6.07) is 5.81. The van der Waals surface area contributed by atoms with Gasteiger partial charge in [-0.05, 0) is 25.1 Å². The summed E-state index contributed by atoms with van der Waals surface area (Å²) < 4.78 is 31.5. The number of methoxy groups -OCH3 is 1. The van der Waals surface area contributed by atoms with Crippen molar-refractivity contribution in [3.8, 4) is 5.75 Å². The Kier molecular flexibility index (Phi) is 3.68. The Morgan fingerprint density at radius 1 is 1.37 bits per heavy atom. The van der Waals surface area contributed by atoms with Gasteiger partial charge in [-0.1, -0.05) is 11.6 Å². The van der Waals surface area contributed by atoms with Crippen LogP contribution in [0.5, 0.6) is 5.75 Å². The van der Waals surface area contributed by atoms with Crippen molar-refractivity contribution in [2.75, 3.05) is 11.8 Å². The second-order valence-corrected chi connectivity index (χ2v) is 5.93. The number of rotatable bonds is 4. The number of aromatic nitrogens is 2. The molecule has 19 heavy (non-hydrogen) atoms. The molecule has 0 fully saturated rings. The van der Waals surface area contributed by atoms with E-state index < -0.39 is 10.0 Å². The number of H-pyrrole nitrogens is 1. The molecular weight excluding hydrogens is 290 g/mol. The topological polar surface area (TPSA) is 84.1 Å². The SMILES string of the molecule is COc1ccc(S(=O)(=O)Nc2cc(C)[nH]n2)cc1Cl. The quantitative estimate of drug-likeness (QED) is 0.906. The number of aryl methyl sites for hydroxylation is 1. The van der Waals surface area contributed by atoms with Crippen LogP contribution >= 0.6 is 11.6 Å². The summed E-state index contributed by atoms with van der Waals surface area (Å²) in [4.78, 5) is 0.0407. The van der Waals surface area contributed by atoms with Gasteiger partial charge in [0.05, 0.1) is 17.0 Å². The van der Waals surface area contributed by atoms with Crippen molar-refractivity contribution in [2.24, 2.45) is 0 Å². The highest BCUT2D eigenvalue weighted by molar-refractivity contribution is 7.92. The van der Waals surface area contributed by atoms with E-state index in [0.29, 0.717) is 5.75 Å². The molecule has 2 N–H and O–H groups in total. The van der Waals surface area contributed by atoms with E-state index in [1.54, 1.807) is 13.0 Å². The third-order valence-electron chi connectivity index (χ3n) is 2.38. The molecule has 6 nitrogen and oxygen atoms in total. The predicted octanol–water partition coefficient (Wildman–Crippen LogP) is 2.18. The van der Waals surface area contributed by atoms with Crippen LogP contribution in [-0.2, 0) is 10.0 Å². The van der Waals surface area contributed by atoms with Crippen molar-refractivity contribution in [1.29, 1.82) is 0 Å². The first-order chi connectivity index (χ1) is 8.92. The van der Waals surface area contributed by atoms with Gasteiger partial charge in [-0.3, -0.25) is 9.82 Å². The molecule has 0 saturated heterocycles. The molecule has 0 unspecified atom stereocenters. The standard InChI is InChI=1S/C11H12ClN3O3S/c1-7-5-11(14-13-7)15-19(16,17)8-3-4-10(18-2)9(12)6-8/h3-6H,1-2H3,(H2,13,14,15). The summed E-state index contributed by atoms with van der Waals surface area (Å²) in [5, 5.41) is 6.68. The van der Waals surface area contributed by atoms with E-state index in [1.165, 1.54) is 25.3 Å². The molecule has 1 aromatic heterocycles. The van der Waals surface area contributed by atoms with Crippen LogP contribution in [0.2, 0.25) is 5.02 Å². The molecule has 2 aromatic rings. The molecule has 0 aliphatic rings. The highest BCUT2D eigenvalue weighted by atomic mass is 35.5. The molecule has 0 saturated carbocycles. The first kappa shape index (κ1) is 13.7. The van der Waals surface area contributed by atoms with E-state index in [-0.39, 0.29) is 15.7 Å². The number of hydrogen-bond donors (Lipinski definition) is 2. The molecule has 8 heteroatoms. The van der Waals surface area contributed by atoms with Crippen LogP contribution in [0.25, 0.3) is 0 Å². The zero-order chi connectivity index (χ0) is 14.0. The smallest absolute Gasteiger partial charge is 0.263 e. The van der Waals surface area contributed by atoms with Crippen molar-refractivity contribution >= 4 is 27.4 Å². The summed E-state index contributed by atoms with van der Waals surface area (Å²) in [6.45, 7) is 1.77. The maximum Gasteiger partial charge on any atom is 0.263 e. The van der Waals surface area contributed by atoms with Gasteiger partial charge in [0.25, 0.3) is 10.0 Å². The highest BCUT2D eigenvalue weighted by Gasteiger charge is 2.17. The van der Waals surface area contributed by atoms with Gasteiger partial charge in [-0.2, -0.15) is 5.10 Å². The summed E-state index contributed by atoms with van der Waals surface area (Å²) in [5.74, 6) is 0.640. The Bertz CT molecular complexity index is 697. The Balaban J connectivity index is 2.31. The van der Waals surface area contributed by atoms with Crippen LogP contribution in [0.3, 0.4) is 0 Å². The molecule has 0 aliphatic heterocycles. The maximum atomic E-state index is 12.1. The number of anilines is 1. The van der Waals surface area contributed by atoms with Crippen LogP contribution in [-0.4, -0.2) is 25.7 Å². The normalized spacial score (nSPS) is 11.3. The van der Waals surface area contributed by atoms with Crippen LogP contribution < -0.4 is 9.46 Å². The minimum Gasteiger partial charge on any atom is -0.495 e. The van der Waals surface area contributed by atoms with Gasteiger partial charge < -0.3 is 4.74 Å². The number of ether oxygens (including phenoxy) is 1. The second kappa shape index (κ2) is 5.10. The average Bonchev–Trinajstić information content (AvgIpc) is 2.73. The van der Waals surface area contributed by atoms with Crippen molar-refractivity contribution in [2.45, 2.75) is 11.8 Å². The van der Waals surface area contributed by atoms with Crippen molar-refractivity contribution in [3.05, 3.63) is 35.0 Å². The van der Waals surface area contributed by atoms with Crippen LogP contribution in [0, 0.1) is 6.92 Å². The first-order valence-corrected chi connectivity index (χ1v) is 7.17. The van der Waals surface area contributed by atoms with Crippen LogP contribution in [0.4, 0.5) is 5.82 Å². The van der Waals surface area contributed by atoms with Crippen LogP contribution in [0.15, 0.2) is 29.2 Å². The highest BCUT2D eigenvalue weighted by Crippen LogP contribution is 2.27. The minimum atomic E-state index is -3.72. The molecule has 0 aliphatic carbocycles. The van der Waals surface area contributed by atoms with E-state index in [4.69, 9.17) is 16.3 Å². The van der Waals surface area contributed by atoms with Gasteiger partial charge in [0.1, 0.15) is 5.75 Å². The van der Waals surface area contributed by atoms with Gasteiger partial charge in [0.15, 0.2) is 5.82 Å². The van der Waals surface area contributed by atoms with Gasteiger partial charge in [0, 0.05) is 11.8 Å². The Labute approximate surface area is 115 Å². The molecular formula is C11H12ClN3O3S. The van der Waals surface area contributed by atoms with Gasteiger partial charge in [-0.15, -0.1) is 0 Å². The third kappa shape index (κ3) is 2.99. The van der Waals surface area contributed by atoms with E-state index in [0.717, 1.165) is 5.69 Å². The van der Waals surface area contributed by atoms with Crippen molar-refractivity contribution < 1.29 is 13.2 Å². The lowest BCUT2D eigenvalue weighted by molar-refractivity contribution is 0.414. The largest absolute Gasteiger partial charge is 0.495 e. The van der Waals surface area contributed by atoms with E-state index in [1.807, 2.05) is 0 Å². The zero-order valence-corrected chi connectivity index (χ0v) is 11.8. The molecule has 1 heterocycles. The fourth-order valence-electron chi connectivity index (χ4n) is 1.48. The minimum absolute atomic E-state index is 0.0407. The molecule has 0 spiro atoms. The first-order valence-electron chi connectivity index (χ1n) is 5.31. The lowest BCUT2D eigenvalue weighted by Gasteiger charge is -2.07. The fourth-order valence-corrected chi connectivity index (χ4v) is 2.82. The maximum absolute atomic E-state index is 12.1. The number of nitrogens with zero attached hydrogens (tertiary/aromatic N) is 1. The average molecular weight is 302 g/mol. The van der Waals surface area contributed by atoms with Gasteiger partial charge in [-0.25, -0.2) is 8.42 Å². The summed E-state index contributed by atoms with van der Waals surface area (Å²) in [5.41, 5.74) is 0.755. The molecule has 102 valence electrons.